The minimum Gasteiger partial charge on any atom is -0.456 e. The summed E-state index contributed by atoms with van der Waals surface area (Å²) < 4.78 is 6.25. The number of rotatable bonds is 7. The Bertz CT molecular complexity index is 3560. The van der Waals surface area contributed by atoms with Crippen LogP contribution in [0.3, 0.4) is 0 Å². The van der Waals surface area contributed by atoms with E-state index in [0.29, 0.717) is 5.82 Å². The van der Waals surface area contributed by atoms with E-state index in [4.69, 9.17) is 14.4 Å². The Balaban J connectivity index is 1.03. The third-order valence-electron chi connectivity index (χ3n) is 13.1. The molecule has 12 rings (SSSR count). The Morgan fingerprint density at radius 2 is 0.844 bits per heavy atom. The van der Waals surface area contributed by atoms with Crippen molar-refractivity contribution < 1.29 is 4.42 Å². The van der Waals surface area contributed by atoms with E-state index in [2.05, 4.69) is 214 Å². The van der Waals surface area contributed by atoms with Crippen molar-refractivity contribution >= 4 is 21.9 Å². The molecule has 302 valence electrons. The number of hydrogen-bond donors (Lipinski definition) is 0. The van der Waals surface area contributed by atoms with Crippen molar-refractivity contribution in [3.63, 3.8) is 0 Å². The van der Waals surface area contributed by atoms with Crippen LogP contribution in [0.2, 0.25) is 0 Å². The summed E-state index contributed by atoms with van der Waals surface area (Å²) in [6, 6.07) is 78.0. The normalized spacial score (nSPS) is 12.7. The molecule has 11 aromatic rings. The molecule has 0 radical (unpaired) electrons. The Kier molecular flexibility index (Phi) is 8.84. The van der Waals surface area contributed by atoms with Gasteiger partial charge in [-0.2, -0.15) is 0 Å². The average molecular weight is 819 g/mol. The third-order valence-corrected chi connectivity index (χ3v) is 13.1. The van der Waals surface area contributed by atoms with Gasteiger partial charge in [-0.1, -0.05) is 184 Å². The molecule has 3 nitrogen and oxygen atoms in total. The van der Waals surface area contributed by atoms with Gasteiger partial charge in [0, 0.05) is 32.9 Å². The molecule has 0 fully saturated rings. The van der Waals surface area contributed by atoms with Gasteiger partial charge < -0.3 is 4.42 Å². The summed E-state index contributed by atoms with van der Waals surface area (Å²) in [5.74, 6) is 0.681. The molecule has 0 N–H and O–H groups in total. The highest BCUT2D eigenvalue weighted by Crippen LogP contribution is 2.52. The Morgan fingerprint density at radius 1 is 0.328 bits per heavy atom. The highest BCUT2D eigenvalue weighted by atomic mass is 16.3. The van der Waals surface area contributed by atoms with Crippen molar-refractivity contribution in [1.29, 1.82) is 0 Å². The van der Waals surface area contributed by atoms with Gasteiger partial charge in [0.15, 0.2) is 5.82 Å². The fourth-order valence-corrected chi connectivity index (χ4v) is 9.80. The van der Waals surface area contributed by atoms with E-state index >= 15 is 0 Å². The number of para-hydroxylation sites is 1. The summed E-state index contributed by atoms with van der Waals surface area (Å²) >= 11 is 0. The smallest absolute Gasteiger partial charge is 0.160 e. The molecular formula is C61H42N2O. The Labute approximate surface area is 373 Å². The molecule has 0 bridgehead atoms. The van der Waals surface area contributed by atoms with Gasteiger partial charge in [-0.25, -0.2) is 9.97 Å². The minimum atomic E-state index is -0.0823. The van der Waals surface area contributed by atoms with E-state index in [-0.39, 0.29) is 5.41 Å². The van der Waals surface area contributed by atoms with Crippen LogP contribution in [0.5, 0.6) is 0 Å². The molecule has 0 spiro atoms. The lowest BCUT2D eigenvalue weighted by molar-refractivity contribution is 0.660. The lowest BCUT2D eigenvalue weighted by atomic mass is 9.82. The second-order valence-electron chi connectivity index (χ2n) is 17.4. The molecule has 0 aliphatic heterocycles. The van der Waals surface area contributed by atoms with E-state index in [1.807, 2.05) is 18.2 Å². The predicted molar refractivity (Wildman–Crippen MR) is 265 cm³/mol. The molecule has 1 aliphatic carbocycles. The second-order valence-corrected chi connectivity index (χ2v) is 17.4. The fourth-order valence-electron chi connectivity index (χ4n) is 9.80. The standard InChI is InChI=1S/C61H42N2O/c1-61(2)53-24-11-9-22-51(53)59-49(23-14-25-54(59)61)44-19-13-20-45(33-44)55-38-56(63-60(62-55)42-17-7-4-8-18-42)48-35-46(41-29-27-40(28-30-41)39-15-5-3-6-16-39)34-47(36-48)43-31-32-58-52(37-43)50-21-10-12-26-57(50)64-58/h3-38H,1-2H3. The van der Waals surface area contributed by atoms with Crippen LogP contribution in [0, 0.1) is 0 Å². The number of fused-ring (bicyclic) bond motifs is 6. The first kappa shape index (κ1) is 37.6. The summed E-state index contributed by atoms with van der Waals surface area (Å²) in [7, 11) is 0. The van der Waals surface area contributed by atoms with Gasteiger partial charge in [-0.05, 0) is 115 Å². The van der Waals surface area contributed by atoms with Crippen molar-refractivity contribution in [2.75, 3.05) is 0 Å². The van der Waals surface area contributed by atoms with E-state index in [1.165, 1.54) is 38.9 Å². The molecule has 2 heterocycles. The van der Waals surface area contributed by atoms with Crippen molar-refractivity contribution in [2.45, 2.75) is 19.3 Å². The molecule has 2 aromatic heterocycles. The van der Waals surface area contributed by atoms with Crippen molar-refractivity contribution in [1.82, 2.24) is 9.97 Å². The van der Waals surface area contributed by atoms with E-state index in [0.717, 1.165) is 77.8 Å². The van der Waals surface area contributed by atoms with Crippen molar-refractivity contribution in [2.24, 2.45) is 0 Å². The summed E-state index contributed by atoms with van der Waals surface area (Å²) in [6.07, 6.45) is 0. The Morgan fingerprint density at radius 3 is 1.64 bits per heavy atom. The van der Waals surface area contributed by atoms with Crippen LogP contribution < -0.4 is 0 Å². The lowest BCUT2D eigenvalue weighted by Crippen LogP contribution is -2.14. The van der Waals surface area contributed by atoms with Gasteiger partial charge in [-0.15, -0.1) is 0 Å². The maximum Gasteiger partial charge on any atom is 0.160 e. The Hall–Kier alpha value is -8.14. The maximum atomic E-state index is 6.25. The first-order valence-corrected chi connectivity index (χ1v) is 22.0. The summed E-state index contributed by atoms with van der Waals surface area (Å²) in [4.78, 5) is 10.6. The van der Waals surface area contributed by atoms with Crippen LogP contribution in [0.4, 0.5) is 0 Å². The van der Waals surface area contributed by atoms with Crippen LogP contribution in [0.1, 0.15) is 25.0 Å². The molecule has 0 unspecified atom stereocenters. The fraction of sp³-hybridized carbons (Fsp3) is 0.0492. The molecule has 0 saturated carbocycles. The van der Waals surface area contributed by atoms with Gasteiger partial charge in [0.05, 0.1) is 11.4 Å². The summed E-state index contributed by atoms with van der Waals surface area (Å²) in [5.41, 5.74) is 21.0. The van der Waals surface area contributed by atoms with E-state index < -0.39 is 0 Å². The molecular weight excluding hydrogens is 777 g/mol. The quantitative estimate of drug-likeness (QED) is 0.161. The SMILES string of the molecule is CC1(C)c2ccccc2-c2c(-c3cccc(-c4cc(-c5cc(-c6ccc(-c7ccccc7)cc6)cc(-c6ccc7oc8ccccc8c7c6)c5)nc(-c5ccccc5)n4)c3)cccc21. The van der Waals surface area contributed by atoms with Crippen molar-refractivity contribution in [3.05, 3.63) is 230 Å². The summed E-state index contributed by atoms with van der Waals surface area (Å²) in [6.45, 7) is 4.67. The molecule has 64 heavy (non-hydrogen) atoms. The van der Waals surface area contributed by atoms with Gasteiger partial charge in [0.25, 0.3) is 0 Å². The van der Waals surface area contributed by atoms with Crippen LogP contribution >= 0.6 is 0 Å². The van der Waals surface area contributed by atoms with Gasteiger partial charge in [0.2, 0.25) is 0 Å². The predicted octanol–water partition coefficient (Wildman–Crippen LogP) is 16.4. The molecule has 9 aromatic carbocycles. The summed E-state index contributed by atoms with van der Waals surface area (Å²) in [5, 5.41) is 2.20. The largest absolute Gasteiger partial charge is 0.456 e. The zero-order chi connectivity index (χ0) is 42.8. The minimum absolute atomic E-state index is 0.0823. The van der Waals surface area contributed by atoms with Gasteiger partial charge in [-0.3, -0.25) is 0 Å². The molecule has 0 saturated heterocycles. The number of furan rings is 1. The zero-order valence-electron chi connectivity index (χ0n) is 35.6. The first-order chi connectivity index (χ1) is 31.4. The molecule has 0 atom stereocenters. The van der Waals surface area contributed by atoms with Crippen molar-refractivity contribution in [3.8, 4) is 89.5 Å². The number of hydrogen-bond acceptors (Lipinski definition) is 3. The zero-order valence-corrected chi connectivity index (χ0v) is 35.6. The highest BCUT2D eigenvalue weighted by molar-refractivity contribution is 6.06. The van der Waals surface area contributed by atoms with Crippen LogP contribution in [-0.4, -0.2) is 9.97 Å². The van der Waals surface area contributed by atoms with Crippen LogP contribution in [-0.2, 0) is 5.41 Å². The van der Waals surface area contributed by atoms with Gasteiger partial charge >= 0.3 is 0 Å². The highest BCUT2D eigenvalue weighted by Gasteiger charge is 2.36. The monoisotopic (exact) mass is 818 g/mol. The van der Waals surface area contributed by atoms with E-state index in [1.54, 1.807) is 0 Å². The second kappa shape index (κ2) is 15.0. The molecule has 3 heteroatoms. The number of benzene rings is 9. The topological polar surface area (TPSA) is 38.9 Å². The van der Waals surface area contributed by atoms with Crippen LogP contribution in [0.15, 0.2) is 223 Å². The number of nitrogens with zero attached hydrogens (tertiary/aromatic N) is 2. The van der Waals surface area contributed by atoms with E-state index in [9.17, 15) is 0 Å². The maximum absolute atomic E-state index is 6.25. The average Bonchev–Trinajstić information content (AvgIpc) is 3.85. The lowest BCUT2D eigenvalue weighted by Gasteiger charge is -2.21. The van der Waals surface area contributed by atoms with Gasteiger partial charge in [0.1, 0.15) is 11.2 Å². The molecule has 0 amide bonds. The number of aromatic nitrogens is 2. The molecule has 1 aliphatic rings. The first-order valence-electron chi connectivity index (χ1n) is 22.0. The third kappa shape index (κ3) is 6.44. The van der Waals surface area contributed by atoms with Crippen LogP contribution in [0.25, 0.3) is 111 Å².